The zero-order valence-electron chi connectivity index (χ0n) is 11.8. The van der Waals surface area contributed by atoms with Crippen LogP contribution in [0, 0.1) is 0 Å². The van der Waals surface area contributed by atoms with E-state index in [4.69, 9.17) is 0 Å². The first-order chi connectivity index (χ1) is 9.11. The van der Waals surface area contributed by atoms with Gasteiger partial charge in [-0.15, -0.1) is 10.2 Å². The van der Waals surface area contributed by atoms with Gasteiger partial charge >= 0.3 is 0 Å². The monoisotopic (exact) mass is 263 g/mol. The lowest BCUT2D eigenvalue weighted by molar-refractivity contribution is 0.0691. The molecule has 6 heteroatoms. The topological polar surface area (TPSA) is 61.4 Å². The zero-order valence-corrected chi connectivity index (χ0v) is 11.8. The molecular weight excluding hydrogens is 242 g/mol. The minimum absolute atomic E-state index is 0.0299. The molecule has 1 N–H and O–H groups in total. The zero-order chi connectivity index (χ0) is 13.8. The number of rotatable bonds is 3. The van der Waals surface area contributed by atoms with Crippen LogP contribution in [-0.4, -0.2) is 61.3 Å². The van der Waals surface area contributed by atoms with Crippen LogP contribution in [0.15, 0.2) is 12.1 Å². The molecule has 0 aliphatic carbocycles. The highest BCUT2D eigenvalue weighted by atomic mass is 16.2. The SMILES string of the molecule is CN[C@H]1CCCN(C(=O)c2ccc(N(C)C)nn2)C1. The molecule has 0 radical (unpaired) electrons. The molecule has 0 bridgehead atoms. The summed E-state index contributed by atoms with van der Waals surface area (Å²) >= 11 is 0. The molecule has 1 aliphatic heterocycles. The predicted octanol–water partition coefficient (Wildman–Crippen LogP) is 0.367. The number of likely N-dealkylation sites (tertiary alicyclic amines) is 1. The fourth-order valence-corrected chi connectivity index (χ4v) is 2.24. The van der Waals surface area contributed by atoms with E-state index in [2.05, 4.69) is 15.5 Å². The van der Waals surface area contributed by atoms with Crippen molar-refractivity contribution in [2.45, 2.75) is 18.9 Å². The van der Waals surface area contributed by atoms with Crippen molar-refractivity contribution in [1.82, 2.24) is 20.4 Å². The number of hydrogen-bond donors (Lipinski definition) is 1. The highest BCUT2D eigenvalue weighted by molar-refractivity contribution is 5.92. The molecule has 6 nitrogen and oxygen atoms in total. The van der Waals surface area contributed by atoms with E-state index in [0.717, 1.165) is 31.7 Å². The van der Waals surface area contributed by atoms with E-state index in [1.54, 1.807) is 6.07 Å². The summed E-state index contributed by atoms with van der Waals surface area (Å²) in [7, 11) is 5.73. The Morgan fingerprint density at radius 3 is 2.79 bits per heavy atom. The van der Waals surface area contributed by atoms with E-state index in [-0.39, 0.29) is 5.91 Å². The van der Waals surface area contributed by atoms with Gasteiger partial charge in [0.05, 0.1) is 0 Å². The van der Waals surface area contributed by atoms with Crippen LogP contribution in [0.4, 0.5) is 5.82 Å². The number of amides is 1. The molecule has 0 aromatic carbocycles. The van der Waals surface area contributed by atoms with Gasteiger partial charge in [-0.25, -0.2) is 0 Å². The number of carbonyl (C=O) groups is 1. The Morgan fingerprint density at radius 1 is 1.42 bits per heavy atom. The molecule has 0 spiro atoms. The van der Waals surface area contributed by atoms with Gasteiger partial charge in [0.15, 0.2) is 11.5 Å². The first-order valence-electron chi connectivity index (χ1n) is 6.59. The number of aromatic nitrogens is 2. The van der Waals surface area contributed by atoms with E-state index < -0.39 is 0 Å². The van der Waals surface area contributed by atoms with Gasteiger partial charge in [-0.05, 0) is 32.0 Å². The lowest BCUT2D eigenvalue weighted by Gasteiger charge is -2.32. The first kappa shape index (κ1) is 13.7. The van der Waals surface area contributed by atoms with Crippen molar-refractivity contribution < 1.29 is 4.79 Å². The molecule has 2 heterocycles. The number of nitrogens with one attached hydrogen (secondary N) is 1. The van der Waals surface area contributed by atoms with Crippen molar-refractivity contribution in [3.8, 4) is 0 Å². The van der Waals surface area contributed by atoms with Crippen LogP contribution in [0.2, 0.25) is 0 Å². The summed E-state index contributed by atoms with van der Waals surface area (Å²) in [6.07, 6.45) is 2.14. The van der Waals surface area contributed by atoms with Gasteiger partial charge in [-0.3, -0.25) is 4.79 Å². The van der Waals surface area contributed by atoms with Crippen LogP contribution in [0.1, 0.15) is 23.3 Å². The number of carbonyl (C=O) groups excluding carboxylic acids is 1. The highest BCUT2D eigenvalue weighted by Crippen LogP contribution is 2.13. The Hall–Kier alpha value is -1.69. The standard InChI is InChI=1S/C13H21N5O/c1-14-10-5-4-8-18(9-10)13(19)11-6-7-12(16-15-11)17(2)3/h6-7,10,14H,4-5,8-9H2,1-3H3/t10-/m0/s1. The fourth-order valence-electron chi connectivity index (χ4n) is 2.24. The third-order valence-electron chi connectivity index (χ3n) is 3.44. The van der Waals surface area contributed by atoms with E-state index in [0.29, 0.717) is 11.7 Å². The number of nitrogens with zero attached hydrogens (tertiary/aromatic N) is 4. The van der Waals surface area contributed by atoms with Crippen LogP contribution in [-0.2, 0) is 0 Å². The lowest BCUT2D eigenvalue weighted by atomic mass is 10.1. The largest absolute Gasteiger partial charge is 0.361 e. The number of piperidine rings is 1. The highest BCUT2D eigenvalue weighted by Gasteiger charge is 2.24. The Labute approximate surface area is 113 Å². The average molecular weight is 263 g/mol. The van der Waals surface area contributed by atoms with Gasteiger partial charge in [0.25, 0.3) is 5.91 Å². The van der Waals surface area contributed by atoms with E-state index in [1.807, 2.05) is 37.0 Å². The molecule has 1 amide bonds. The Balaban J connectivity index is 2.06. The van der Waals surface area contributed by atoms with Gasteiger partial charge in [0.2, 0.25) is 0 Å². The predicted molar refractivity (Wildman–Crippen MR) is 74.3 cm³/mol. The fraction of sp³-hybridized carbons (Fsp3) is 0.615. The van der Waals surface area contributed by atoms with Crippen molar-refractivity contribution in [2.75, 3.05) is 39.1 Å². The first-order valence-corrected chi connectivity index (χ1v) is 6.59. The molecule has 1 aliphatic rings. The second kappa shape index (κ2) is 5.97. The van der Waals surface area contributed by atoms with Crippen molar-refractivity contribution >= 4 is 11.7 Å². The molecule has 104 valence electrons. The van der Waals surface area contributed by atoms with Crippen LogP contribution in [0.3, 0.4) is 0 Å². The van der Waals surface area contributed by atoms with Gasteiger partial charge in [-0.2, -0.15) is 0 Å². The maximum absolute atomic E-state index is 12.3. The molecule has 2 rings (SSSR count). The summed E-state index contributed by atoms with van der Waals surface area (Å²) < 4.78 is 0. The molecule has 1 aromatic heterocycles. The van der Waals surface area contributed by atoms with Crippen LogP contribution >= 0.6 is 0 Å². The van der Waals surface area contributed by atoms with Crippen molar-refractivity contribution in [3.63, 3.8) is 0 Å². The second-order valence-corrected chi connectivity index (χ2v) is 5.05. The average Bonchev–Trinajstić information content (AvgIpc) is 2.46. The Bertz CT molecular complexity index is 431. The van der Waals surface area contributed by atoms with Crippen LogP contribution < -0.4 is 10.2 Å². The van der Waals surface area contributed by atoms with Gasteiger partial charge in [-0.1, -0.05) is 0 Å². The molecule has 1 atom stereocenters. The van der Waals surface area contributed by atoms with Crippen molar-refractivity contribution in [2.24, 2.45) is 0 Å². The smallest absolute Gasteiger partial charge is 0.274 e. The number of anilines is 1. The lowest BCUT2D eigenvalue weighted by Crippen LogP contribution is -2.47. The molecule has 1 fully saturated rings. The van der Waals surface area contributed by atoms with Crippen molar-refractivity contribution in [3.05, 3.63) is 17.8 Å². The Morgan fingerprint density at radius 2 is 2.21 bits per heavy atom. The third kappa shape index (κ3) is 3.20. The minimum Gasteiger partial charge on any atom is -0.361 e. The van der Waals surface area contributed by atoms with Gasteiger partial charge in [0, 0.05) is 33.2 Å². The normalized spacial score (nSPS) is 19.3. The minimum atomic E-state index is -0.0299. The molecule has 1 aromatic rings. The maximum Gasteiger partial charge on any atom is 0.274 e. The molecule has 0 saturated carbocycles. The van der Waals surface area contributed by atoms with Crippen LogP contribution in [0.5, 0.6) is 0 Å². The quantitative estimate of drug-likeness (QED) is 0.853. The summed E-state index contributed by atoms with van der Waals surface area (Å²) in [5.41, 5.74) is 0.419. The van der Waals surface area contributed by atoms with Gasteiger partial charge < -0.3 is 15.1 Å². The van der Waals surface area contributed by atoms with Gasteiger partial charge in [0.1, 0.15) is 0 Å². The van der Waals surface area contributed by atoms with E-state index in [1.165, 1.54) is 0 Å². The summed E-state index contributed by atoms with van der Waals surface area (Å²) in [4.78, 5) is 16.0. The van der Waals surface area contributed by atoms with E-state index in [9.17, 15) is 4.79 Å². The molecular formula is C13H21N5O. The maximum atomic E-state index is 12.3. The molecule has 0 unspecified atom stereocenters. The number of hydrogen-bond acceptors (Lipinski definition) is 5. The van der Waals surface area contributed by atoms with Crippen molar-refractivity contribution in [1.29, 1.82) is 0 Å². The molecule has 1 saturated heterocycles. The number of likely N-dealkylation sites (N-methyl/N-ethyl adjacent to an activating group) is 1. The third-order valence-corrected chi connectivity index (χ3v) is 3.44. The summed E-state index contributed by atoms with van der Waals surface area (Å²) in [5, 5.41) is 11.3. The summed E-state index contributed by atoms with van der Waals surface area (Å²) in [6, 6.07) is 3.94. The molecule has 19 heavy (non-hydrogen) atoms. The Kier molecular flexibility index (Phi) is 4.31. The van der Waals surface area contributed by atoms with Crippen LogP contribution in [0.25, 0.3) is 0 Å². The summed E-state index contributed by atoms with van der Waals surface area (Å²) in [5.74, 6) is 0.723. The van der Waals surface area contributed by atoms with E-state index >= 15 is 0 Å². The summed E-state index contributed by atoms with van der Waals surface area (Å²) in [6.45, 7) is 1.54. The second-order valence-electron chi connectivity index (χ2n) is 5.05.